The van der Waals surface area contributed by atoms with Gasteiger partial charge in [0.05, 0.1) is 5.69 Å². The fraction of sp³-hybridized carbons (Fsp3) is 0.143. The van der Waals surface area contributed by atoms with Crippen LogP contribution in [-0.4, -0.2) is 61.7 Å². The van der Waals surface area contributed by atoms with Crippen LogP contribution in [0.2, 0.25) is 5.02 Å². The first-order valence-corrected chi connectivity index (χ1v) is 12.7. The van der Waals surface area contributed by atoms with Gasteiger partial charge in [0.2, 0.25) is 5.91 Å². The van der Waals surface area contributed by atoms with Crippen molar-refractivity contribution in [3.63, 3.8) is 0 Å². The molecule has 0 fully saturated rings. The lowest BCUT2D eigenvalue weighted by atomic mass is 9.91. The summed E-state index contributed by atoms with van der Waals surface area (Å²) in [6, 6.07) is 18.2. The Bertz CT molecular complexity index is 1590. The number of hydrogen-bond donors (Lipinski definition) is 2. The number of amides is 3. The van der Waals surface area contributed by atoms with Crippen LogP contribution in [0, 0.1) is 0 Å². The zero-order valence-corrected chi connectivity index (χ0v) is 22.1. The molecule has 3 amide bonds. The lowest BCUT2D eigenvalue weighted by Gasteiger charge is -2.35. The van der Waals surface area contributed by atoms with Crippen LogP contribution in [0.15, 0.2) is 79.1 Å². The van der Waals surface area contributed by atoms with Crippen LogP contribution in [-0.2, 0) is 16.0 Å². The molecule has 0 bridgehead atoms. The number of nitrogens with one attached hydrogen (secondary N) is 1. The minimum atomic E-state index is -1.10. The molecule has 1 aliphatic heterocycles. The highest BCUT2D eigenvalue weighted by Crippen LogP contribution is 2.32. The molecular weight excluding hydrogens is 534 g/mol. The van der Waals surface area contributed by atoms with Crippen LogP contribution in [0.25, 0.3) is 11.8 Å². The molecule has 1 aromatic heterocycles. The quantitative estimate of drug-likeness (QED) is 0.339. The number of carbonyl (C=O) groups is 3. The summed E-state index contributed by atoms with van der Waals surface area (Å²) < 4.78 is 1.47. The number of halogens is 1. The van der Waals surface area contributed by atoms with Gasteiger partial charge in [-0.3, -0.25) is 14.5 Å². The number of carboxylic acid groups (broad SMARTS) is 1. The molecule has 4 aromatic rings. The lowest BCUT2D eigenvalue weighted by molar-refractivity contribution is -0.135. The van der Waals surface area contributed by atoms with E-state index in [2.05, 4.69) is 20.8 Å². The predicted octanol–water partition coefficient (Wildman–Crippen LogP) is 4.21. The van der Waals surface area contributed by atoms with E-state index in [0.717, 1.165) is 16.0 Å². The molecular formula is C28H24ClN7O4. The molecule has 2 heterocycles. The summed E-state index contributed by atoms with van der Waals surface area (Å²) in [6.45, 7) is 0.343. The van der Waals surface area contributed by atoms with Crippen molar-refractivity contribution in [2.24, 2.45) is 0 Å². The minimum Gasteiger partial charge on any atom is -0.465 e. The maximum Gasteiger partial charge on any atom is 0.411 e. The van der Waals surface area contributed by atoms with E-state index in [1.807, 2.05) is 24.3 Å². The van der Waals surface area contributed by atoms with E-state index < -0.39 is 12.1 Å². The second-order valence-corrected chi connectivity index (χ2v) is 9.49. The first-order valence-electron chi connectivity index (χ1n) is 12.3. The molecule has 3 aromatic carbocycles. The maximum absolute atomic E-state index is 13.6. The van der Waals surface area contributed by atoms with Crippen molar-refractivity contribution in [3.8, 4) is 5.69 Å². The van der Waals surface area contributed by atoms with E-state index >= 15 is 0 Å². The summed E-state index contributed by atoms with van der Waals surface area (Å²) in [5.41, 5.74) is 3.92. The molecule has 0 radical (unpaired) electrons. The van der Waals surface area contributed by atoms with Gasteiger partial charge in [0.15, 0.2) is 0 Å². The van der Waals surface area contributed by atoms with Gasteiger partial charge >= 0.3 is 6.09 Å². The summed E-state index contributed by atoms with van der Waals surface area (Å²) >= 11 is 6.21. The van der Waals surface area contributed by atoms with Crippen molar-refractivity contribution in [1.82, 2.24) is 25.1 Å². The summed E-state index contributed by atoms with van der Waals surface area (Å²) in [4.78, 5) is 41.0. The standard InChI is InChI=1S/C28H24ClN7O4/c1-34(28(39)40)22-10-8-21(9-11-22)31-27(38)26-23-5-3-2-4-18(23)14-15-35(26)25(37)13-6-19-16-20(29)7-12-24(19)36-17-30-32-33-36/h2-13,16-17,26H,14-15H2,1H3,(H,31,38)(H,39,40)/b13-6+/t26-/m0/s1. The zero-order valence-electron chi connectivity index (χ0n) is 21.3. The second kappa shape index (κ2) is 11.4. The van der Waals surface area contributed by atoms with E-state index in [1.54, 1.807) is 48.5 Å². The molecule has 0 saturated carbocycles. The van der Waals surface area contributed by atoms with Crippen molar-refractivity contribution in [2.75, 3.05) is 23.8 Å². The summed E-state index contributed by atoms with van der Waals surface area (Å²) in [5, 5.41) is 23.8. The van der Waals surface area contributed by atoms with Gasteiger partial charge in [-0.15, -0.1) is 5.10 Å². The molecule has 0 unspecified atom stereocenters. The van der Waals surface area contributed by atoms with Gasteiger partial charge in [-0.05, 0) is 76.5 Å². The van der Waals surface area contributed by atoms with Gasteiger partial charge in [-0.1, -0.05) is 35.9 Å². The summed E-state index contributed by atoms with van der Waals surface area (Å²) in [6.07, 6.45) is 3.97. The molecule has 0 aliphatic carbocycles. The van der Waals surface area contributed by atoms with Crippen molar-refractivity contribution >= 4 is 47.0 Å². The molecule has 12 heteroatoms. The number of hydrogen-bond acceptors (Lipinski definition) is 6. The van der Waals surface area contributed by atoms with Crippen LogP contribution in [0.5, 0.6) is 0 Å². The number of tetrazole rings is 1. The molecule has 40 heavy (non-hydrogen) atoms. The Morgan fingerprint density at radius 2 is 1.88 bits per heavy atom. The molecule has 5 rings (SSSR count). The Kier molecular flexibility index (Phi) is 7.56. The van der Waals surface area contributed by atoms with Gasteiger partial charge in [-0.25, -0.2) is 4.79 Å². The molecule has 0 spiro atoms. The first-order chi connectivity index (χ1) is 19.3. The van der Waals surface area contributed by atoms with Crippen molar-refractivity contribution in [1.29, 1.82) is 0 Å². The monoisotopic (exact) mass is 557 g/mol. The van der Waals surface area contributed by atoms with Crippen molar-refractivity contribution in [3.05, 3.63) is 101 Å². The van der Waals surface area contributed by atoms with E-state index in [0.29, 0.717) is 40.6 Å². The highest BCUT2D eigenvalue weighted by Gasteiger charge is 2.35. The SMILES string of the molecule is CN(C(=O)O)c1ccc(NC(=O)[C@@H]2c3ccccc3CCN2C(=O)/C=C/c2cc(Cl)ccc2-n2cnnn2)cc1. The normalized spacial score (nSPS) is 14.6. The highest BCUT2D eigenvalue weighted by molar-refractivity contribution is 6.30. The van der Waals surface area contributed by atoms with Crippen LogP contribution in [0.1, 0.15) is 22.7 Å². The minimum absolute atomic E-state index is 0.343. The topological polar surface area (TPSA) is 134 Å². The molecule has 202 valence electrons. The number of carbonyl (C=O) groups excluding carboxylic acids is 2. The molecule has 1 aliphatic rings. The third kappa shape index (κ3) is 5.54. The van der Waals surface area contributed by atoms with Gasteiger partial charge < -0.3 is 15.3 Å². The van der Waals surface area contributed by atoms with Crippen LogP contribution >= 0.6 is 11.6 Å². The van der Waals surface area contributed by atoms with Crippen LogP contribution in [0.3, 0.4) is 0 Å². The average molecular weight is 558 g/mol. The lowest BCUT2D eigenvalue weighted by Crippen LogP contribution is -2.44. The van der Waals surface area contributed by atoms with E-state index in [4.69, 9.17) is 11.6 Å². The number of nitrogens with zero attached hydrogens (tertiary/aromatic N) is 6. The Morgan fingerprint density at radius 3 is 2.60 bits per heavy atom. The van der Waals surface area contributed by atoms with Crippen LogP contribution in [0.4, 0.5) is 16.2 Å². The van der Waals surface area contributed by atoms with Gasteiger partial charge in [-0.2, -0.15) is 4.68 Å². The second-order valence-electron chi connectivity index (χ2n) is 9.05. The summed E-state index contributed by atoms with van der Waals surface area (Å²) in [5.74, 6) is -0.735. The zero-order chi connectivity index (χ0) is 28.2. The average Bonchev–Trinajstić information content (AvgIpc) is 3.50. The Labute approximate surface area is 234 Å². The first kappa shape index (κ1) is 26.6. The van der Waals surface area contributed by atoms with Gasteiger partial charge in [0.1, 0.15) is 12.4 Å². The van der Waals surface area contributed by atoms with Crippen molar-refractivity contribution in [2.45, 2.75) is 12.5 Å². The fourth-order valence-corrected chi connectivity index (χ4v) is 4.75. The Hall–Kier alpha value is -5.03. The maximum atomic E-state index is 13.6. The number of anilines is 2. The number of benzene rings is 3. The van der Waals surface area contributed by atoms with Crippen LogP contribution < -0.4 is 10.2 Å². The number of fused-ring (bicyclic) bond motifs is 1. The molecule has 11 nitrogen and oxygen atoms in total. The fourth-order valence-electron chi connectivity index (χ4n) is 4.57. The van der Waals surface area contributed by atoms with E-state index in [9.17, 15) is 19.5 Å². The number of rotatable bonds is 6. The number of aromatic nitrogens is 4. The largest absolute Gasteiger partial charge is 0.465 e. The van der Waals surface area contributed by atoms with E-state index in [1.165, 1.54) is 29.0 Å². The third-order valence-corrected chi connectivity index (χ3v) is 6.85. The Morgan fingerprint density at radius 1 is 1.10 bits per heavy atom. The predicted molar refractivity (Wildman–Crippen MR) is 149 cm³/mol. The van der Waals surface area contributed by atoms with Crippen molar-refractivity contribution < 1.29 is 19.5 Å². The Balaban J connectivity index is 1.41. The summed E-state index contributed by atoms with van der Waals surface area (Å²) in [7, 11) is 1.43. The van der Waals surface area contributed by atoms with Gasteiger partial charge in [0.25, 0.3) is 5.91 Å². The molecule has 1 atom stereocenters. The van der Waals surface area contributed by atoms with E-state index in [-0.39, 0.29) is 11.8 Å². The third-order valence-electron chi connectivity index (χ3n) is 6.61. The van der Waals surface area contributed by atoms with Gasteiger partial charge in [0, 0.05) is 41.6 Å². The highest BCUT2D eigenvalue weighted by atomic mass is 35.5. The smallest absolute Gasteiger partial charge is 0.411 e. The molecule has 0 saturated heterocycles. The molecule has 2 N–H and O–H groups in total.